The largest absolute Gasteiger partial charge is 0.469 e. The van der Waals surface area contributed by atoms with Gasteiger partial charge in [-0.2, -0.15) is 0 Å². The first-order valence-corrected chi connectivity index (χ1v) is 9.52. The van der Waals surface area contributed by atoms with Gasteiger partial charge in [-0.1, -0.05) is 18.2 Å². The van der Waals surface area contributed by atoms with Crippen LogP contribution in [0.5, 0.6) is 0 Å². The van der Waals surface area contributed by atoms with Gasteiger partial charge in [0.05, 0.1) is 13.5 Å². The van der Waals surface area contributed by atoms with Crippen LogP contribution in [0, 0.1) is 12.7 Å². The van der Waals surface area contributed by atoms with Gasteiger partial charge in [-0.05, 0) is 80.1 Å². The van der Waals surface area contributed by atoms with Gasteiger partial charge < -0.3 is 9.47 Å². The summed E-state index contributed by atoms with van der Waals surface area (Å²) in [6.45, 7) is 7.32. The lowest BCUT2D eigenvalue weighted by Crippen LogP contribution is -2.29. The van der Waals surface area contributed by atoms with E-state index in [0.29, 0.717) is 12.8 Å². The second-order valence-corrected chi connectivity index (χ2v) is 7.84. The third-order valence-corrected chi connectivity index (χ3v) is 4.45. The lowest BCUT2D eigenvalue weighted by molar-refractivity contribution is -0.139. The van der Waals surface area contributed by atoms with Crippen molar-refractivity contribution in [3.63, 3.8) is 0 Å². The quantitative estimate of drug-likeness (QED) is 0.694. The monoisotopic (exact) mass is 401 g/mol. The first-order valence-electron chi connectivity index (χ1n) is 9.52. The molecule has 5 nitrogen and oxygen atoms in total. The van der Waals surface area contributed by atoms with Crippen molar-refractivity contribution in [3.8, 4) is 0 Å². The van der Waals surface area contributed by atoms with Gasteiger partial charge in [-0.3, -0.25) is 10.1 Å². The molecule has 0 atom stereocenters. The maximum atomic E-state index is 13.8. The number of halogens is 1. The molecule has 0 fully saturated rings. The number of benzene rings is 2. The molecule has 0 bridgehead atoms. The average molecular weight is 401 g/mol. The molecule has 2 aromatic rings. The Morgan fingerprint density at radius 3 is 2.59 bits per heavy atom. The van der Waals surface area contributed by atoms with Crippen molar-refractivity contribution in [2.75, 3.05) is 7.11 Å². The zero-order valence-corrected chi connectivity index (χ0v) is 17.6. The van der Waals surface area contributed by atoms with E-state index in [1.807, 2.05) is 19.1 Å². The summed E-state index contributed by atoms with van der Waals surface area (Å²) in [6.07, 6.45) is 4.28. The Bertz CT molecular complexity index is 929. The molecular formula is C23H28FNO4. The minimum atomic E-state index is -0.557. The third-order valence-electron chi connectivity index (χ3n) is 4.45. The average Bonchev–Trinajstić information content (AvgIpc) is 2.62. The third kappa shape index (κ3) is 6.59. The number of hydrogen-bond donors (Lipinski definition) is 1. The molecule has 2 aromatic carbocycles. The number of aryl methyl sites for hydroxylation is 1. The normalized spacial score (nSPS) is 11.7. The van der Waals surface area contributed by atoms with Crippen LogP contribution in [0.2, 0.25) is 0 Å². The van der Waals surface area contributed by atoms with Crippen molar-refractivity contribution < 1.29 is 23.5 Å². The summed E-state index contributed by atoms with van der Waals surface area (Å²) in [5.41, 5.74) is 2.23. The van der Waals surface area contributed by atoms with E-state index in [-0.39, 0.29) is 18.2 Å². The maximum absolute atomic E-state index is 13.8. The van der Waals surface area contributed by atoms with E-state index in [0.717, 1.165) is 27.5 Å². The van der Waals surface area contributed by atoms with Gasteiger partial charge in [0, 0.05) is 6.20 Å². The molecule has 0 aliphatic rings. The first kappa shape index (κ1) is 22.4. The van der Waals surface area contributed by atoms with E-state index in [2.05, 4.69) is 5.32 Å². The smallest absolute Gasteiger partial charge is 0.411 e. The molecule has 0 saturated heterocycles. The van der Waals surface area contributed by atoms with E-state index >= 15 is 0 Å². The van der Waals surface area contributed by atoms with Crippen molar-refractivity contribution in [3.05, 3.63) is 59.0 Å². The SMILES string of the molecule is COC(=O)Cc1cc2ccc(F)cc2c(CC/C=C/NC(=O)OC(C)(C)C)c1C. The lowest BCUT2D eigenvalue weighted by atomic mass is 9.91. The Morgan fingerprint density at radius 2 is 1.93 bits per heavy atom. The molecule has 1 amide bonds. The summed E-state index contributed by atoms with van der Waals surface area (Å²) in [7, 11) is 1.36. The predicted octanol–water partition coefficient (Wildman–Crippen LogP) is 4.97. The number of carbonyl (C=O) groups excluding carboxylic acids is 2. The molecule has 0 heterocycles. The van der Waals surface area contributed by atoms with Gasteiger partial charge in [-0.15, -0.1) is 0 Å². The van der Waals surface area contributed by atoms with Gasteiger partial charge >= 0.3 is 12.1 Å². The van der Waals surface area contributed by atoms with Crippen LogP contribution < -0.4 is 5.32 Å². The summed E-state index contributed by atoms with van der Waals surface area (Å²) in [4.78, 5) is 23.4. The number of amides is 1. The molecule has 2 rings (SSSR count). The van der Waals surface area contributed by atoms with E-state index in [4.69, 9.17) is 9.47 Å². The van der Waals surface area contributed by atoms with Gasteiger partial charge in [0.2, 0.25) is 0 Å². The minimum absolute atomic E-state index is 0.165. The Kier molecular flexibility index (Phi) is 7.37. The number of methoxy groups -OCH3 is 1. The number of nitrogens with one attached hydrogen (secondary N) is 1. The Balaban J connectivity index is 2.19. The number of carbonyl (C=O) groups is 2. The van der Waals surface area contributed by atoms with Crippen LogP contribution in [0.15, 0.2) is 36.5 Å². The van der Waals surface area contributed by atoms with Gasteiger partial charge in [-0.25, -0.2) is 9.18 Å². The Morgan fingerprint density at radius 1 is 1.21 bits per heavy atom. The highest BCUT2D eigenvalue weighted by molar-refractivity contribution is 5.89. The maximum Gasteiger partial charge on any atom is 0.411 e. The number of allylic oxidation sites excluding steroid dienone is 1. The molecule has 0 saturated carbocycles. The minimum Gasteiger partial charge on any atom is -0.469 e. The second-order valence-electron chi connectivity index (χ2n) is 7.84. The van der Waals surface area contributed by atoms with Crippen molar-refractivity contribution >= 4 is 22.8 Å². The van der Waals surface area contributed by atoms with Gasteiger partial charge in [0.15, 0.2) is 0 Å². The molecule has 0 aliphatic heterocycles. The fraction of sp³-hybridized carbons (Fsp3) is 0.391. The lowest BCUT2D eigenvalue weighted by Gasteiger charge is -2.18. The zero-order chi connectivity index (χ0) is 21.6. The number of fused-ring (bicyclic) bond motifs is 1. The highest BCUT2D eigenvalue weighted by Crippen LogP contribution is 2.28. The summed E-state index contributed by atoms with van der Waals surface area (Å²) >= 11 is 0. The van der Waals surface area contributed by atoms with E-state index in [1.54, 1.807) is 33.0 Å². The highest BCUT2D eigenvalue weighted by atomic mass is 19.1. The fourth-order valence-corrected chi connectivity index (χ4v) is 3.09. The van der Waals surface area contributed by atoms with Gasteiger partial charge in [0.1, 0.15) is 11.4 Å². The van der Waals surface area contributed by atoms with Crippen molar-refractivity contribution in [1.29, 1.82) is 0 Å². The molecular weight excluding hydrogens is 373 g/mol. The van der Waals surface area contributed by atoms with Gasteiger partial charge in [0.25, 0.3) is 0 Å². The van der Waals surface area contributed by atoms with Crippen LogP contribution in [-0.2, 0) is 27.1 Å². The van der Waals surface area contributed by atoms with Crippen LogP contribution >= 0.6 is 0 Å². The predicted molar refractivity (Wildman–Crippen MR) is 111 cm³/mol. The van der Waals surface area contributed by atoms with Crippen LogP contribution in [0.25, 0.3) is 10.8 Å². The fourth-order valence-electron chi connectivity index (χ4n) is 3.09. The molecule has 1 N–H and O–H groups in total. The molecule has 0 aliphatic carbocycles. The topological polar surface area (TPSA) is 64.6 Å². The first-order chi connectivity index (χ1) is 13.6. The molecule has 0 aromatic heterocycles. The number of esters is 1. The van der Waals surface area contributed by atoms with Crippen LogP contribution in [-0.4, -0.2) is 24.8 Å². The van der Waals surface area contributed by atoms with Crippen LogP contribution in [0.3, 0.4) is 0 Å². The zero-order valence-electron chi connectivity index (χ0n) is 17.6. The number of hydrogen-bond acceptors (Lipinski definition) is 4. The van der Waals surface area contributed by atoms with Crippen molar-refractivity contribution in [2.45, 2.75) is 52.6 Å². The number of alkyl carbamates (subject to hydrolysis) is 1. The molecule has 0 spiro atoms. The highest BCUT2D eigenvalue weighted by Gasteiger charge is 2.15. The molecule has 0 radical (unpaired) electrons. The van der Waals surface area contributed by atoms with E-state index in [9.17, 15) is 14.0 Å². The molecule has 156 valence electrons. The number of rotatable bonds is 6. The molecule has 6 heteroatoms. The Labute approximate surface area is 170 Å². The standard InChI is InChI=1S/C23H28FNO4/c1-15-17(13-21(26)28-5)12-16-9-10-18(24)14-20(16)19(15)8-6-7-11-25-22(27)29-23(2,3)4/h7,9-12,14H,6,8,13H2,1-5H3,(H,25,27)/b11-7+. The molecule has 29 heavy (non-hydrogen) atoms. The second kappa shape index (κ2) is 9.54. The molecule has 0 unspecified atom stereocenters. The van der Waals surface area contributed by atoms with Crippen LogP contribution in [0.4, 0.5) is 9.18 Å². The summed E-state index contributed by atoms with van der Waals surface area (Å²) in [5, 5.41) is 4.27. The van der Waals surface area contributed by atoms with Crippen molar-refractivity contribution in [1.82, 2.24) is 5.32 Å². The number of ether oxygens (including phenoxy) is 2. The summed E-state index contributed by atoms with van der Waals surface area (Å²) < 4.78 is 23.8. The van der Waals surface area contributed by atoms with E-state index in [1.165, 1.54) is 19.2 Å². The van der Waals surface area contributed by atoms with Crippen molar-refractivity contribution in [2.24, 2.45) is 0 Å². The van der Waals surface area contributed by atoms with Crippen LogP contribution in [0.1, 0.15) is 43.9 Å². The summed E-state index contributed by atoms with van der Waals surface area (Å²) in [6, 6.07) is 6.55. The summed E-state index contributed by atoms with van der Waals surface area (Å²) in [5.74, 6) is -0.622. The van der Waals surface area contributed by atoms with E-state index < -0.39 is 11.7 Å². The Hall–Kier alpha value is -2.89.